The minimum atomic E-state index is -1.20. The molecule has 1 aromatic carbocycles. The molecule has 0 saturated heterocycles. The van der Waals surface area contributed by atoms with Gasteiger partial charge in [-0.2, -0.15) is 0 Å². The Bertz CT molecular complexity index is 292. The predicted octanol–water partition coefficient (Wildman–Crippen LogP) is 2.50. The van der Waals surface area contributed by atoms with Gasteiger partial charge in [0.15, 0.2) is 5.06 Å². The van der Waals surface area contributed by atoms with Crippen molar-refractivity contribution in [2.24, 2.45) is 0 Å². The van der Waals surface area contributed by atoms with Crippen LogP contribution in [0.3, 0.4) is 0 Å². The summed E-state index contributed by atoms with van der Waals surface area (Å²) in [5.41, 5.74) is -0.401. The maximum atomic E-state index is 9.93. The second-order valence-corrected chi connectivity index (χ2v) is 4.26. The van der Waals surface area contributed by atoms with E-state index in [1.807, 2.05) is 30.3 Å². The first-order valence-corrected chi connectivity index (χ1v) is 4.81. The van der Waals surface area contributed by atoms with Gasteiger partial charge in [0, 0.05) is 12.7 Å². The average Bonchev–Trinajstić information content (AvgIpc) is 2.16. The van der Waals surface area contributed by atoms with E-state index in [0.717, 1.165) is 5.56 Å². The molecule has 1 atom stereocenters. The topological polar surface area (TPSA) is 29.5 Å². The molecular formula is C11H15ClO2. The van der Waals surface area contributed by atoms with Gasteiger partial charge < -0.3 is 9.84 Å². The van der Waals surface area contributed by atoms with Crippen molar-refractivity contribution in [2.75, 3.05) is 7.11 Å². The molecule has 0 aliphatic heterocycles. The van der Waals surface area contributed by atoms with Crippen molar-refractivity contribution in [1.82, 2.24) is 0 Å². The van der Waals surface area contributed by atoms with Crippen molar-refractivity contribution in [3.63, 3.8) is 0 Å². The van der Waals surface area contributed by atoms with E-state index in [4.69, 9.17) is 16.3 Å². The van der Waals surface area contributed by atoms with Crippen LogP contribution in [0.15, 0.2) is 30.3 Å². The minimum Gasteiger partial charge on any atom is -0.386 e. The Kier molecular flexibility index (Phi) is 3.20. The third-order valence-electron chi connectivity index (χ3n) is 2.21. The molecule has 0 aliphatic rings. The molecule has 2 nitrogen and oxygen atoms in total. The molecule has 0 aromatic heterocycles. The van der Waals surface area contributed by atoms with Gasteiger partial charge in [0.25, 0.3) is 0 Å². The Morgan fingerprint density at radius 3 is 2.07 bits per heavy atom. The zero-order valence-electron chi connectivity index (χ0n) is 8.62. The molecule has 0 amide bonds. The molecule has 0 saturated carbocycles. The molecule has 14 heavy (non-hydrogen) atoms. The minimum absolute atomic E-state index is 0.747. The van der Waals surface area contributed by atoms with Crippen molar-refractivity contribution >= 4 is 11.6 Å². The molecule has 0 aliphatic carbocycles. The van der Waals surface area contributed by atoms with Crippen molar-refractivity contribution in [3.8, 4) is 0 Å². The van der Waals surface area contributed by atoms with Gasteiger partial charge in [-0.05, 0) is 13.8 Å². The van der Waals surface area contributed by atoms with Crippen LogP contribution in [-0.2, 0) is 9.80 Å². The summed E-state index contributed by atoms with van der Waals surface area (Å²) in [5.74, 6) is 0. The van der Waals surface area contributed by atoms with Crippen LogP contribution < -0.4 is 0 Å². The van der Waals surface area contributed by atoms with Crippen molar-refractivity contribution < 1.29 is 9.84 Å². The summed E-state index contributed by atoms with van der Waals surface area (Å²) in [7, 11) is 1.48. The number of aliphatic hydroxyl groups is 1. The highest BCUT2D eigenvalue weighted by atomic mass is 35.5. The molecule has 0 bridgehead atoms. The first-order valence-electron chi connectivity index (χ1n) is 4.44. The molecule has 0 spiro atoms. The van der Waals surface area contributed by atoms with Crippen LogP contribution in [-0.4, -0.2) is 17.8 Å². The van der Waals surface area contributed by atoms with E-state index >= 15 is 0 Å². The zero-order valence-corrected chi connectivity index (χ0v) is 9.38. The first kappa shape index (κ1) is 11.5. The van der Waals surface area contributed by atoms with Gasteiger partial charge in [0.05, 0.1) is 0 Å². The lowest BCUT2D eigenvalue weighted by molar-refractivity contribution is -0.103. The molecule has 3 heteroatoms. The third-order valence-corrected chi connectivity index (χ3v) is 3.05. The highest BCUT2D eigenvalue weighted by Gasteiger charge is 2.44. The van der Waals surface area contributed by atoms with Crippen LogP contribution in [0.1, 0.15) is 19.4 Å². The lowest BCUT2D eigenvalue weighted by Crippen LogP contribution is -2.44. The predicted molar refractivity (Wildman–Crippen MR) is 57.3 cm³/mol. The second kappa shape index (κ2) is 3.89. The van der Waals surface area contributed by atoms with E-state index in [1.54, 1.807) is 13.8 Å². The number of methoxy groups -OCH3 is 1. The van der Waals surface area contributed by atoms with E-state index in [1.165, 1.54) is 7.11 Å². The summed E-state index contributed by atoms with van der Waals surface area (Å²) >= 11 is 6.25. The van der Waals surface area contributed by atoms with Gasteiger partial charge in [-0.1, -0.05) is 41.9 Å². The zero-order chi connectivity index (χ0) is 10.8. The number of alkyl halides is 1. The molecule has 1 aromatic rings. The van der Waals surface area contributed by atoms with Crippen LogP contribution in [0.4, 0.5) is 0 Å². The highest BCUT2D eigenvalue weighted by molar-refractivity contribution is 6.23. The summed E-state index contributed by atoms with van der Waals surface area (Å²) in [6.07, 6.45) is 0. The summed E-state index contributed by atoms with van der Waals surface area (Å²) in [5, 5.41) is 8.73. The van der Waals surface area contributed by atoms with E-state index in [2.05, 4.69) is 0 Å². The molecular weight excluding hydrogens is 200 g/mol. The van der Waals surface area contributed by atoms with E-state index in [9.17, 15) is 5.11 Å². The summed E-state index contributed by atoms with van der Waals surface area (Å²) < 4.78 is 5.20. The van der Waals surface area contributed by atoms with Crippen molar-refractivity contribution in [3.05, 3.63) is 35.9 Å². The standard InChI is InChI=1S/C11H15ClO2/c1-10(2,13)11(12,14-3)9-7-5-4-6-8-9/h4-8,13H,1-3H3. The molecule has 0 fully saturated rings. The Balaban J connectivity index is 3.15. The van der Waals surface area contributed by atoms with E-state index in [-0.39, 0.29) is 0 Å². The Morgan fingerprint density at radius 2 is 1.71 bits per heavy atom. The van der Waals surface area contributed by atoms with Gasteiger partial charge in [0.2, 0.25) is 0 Å². The second-order valence-electron chi connectivity index (χ2n) is 3.72. The molecule has 78 valence electrons. The number of hydrogen-bond acceptors (Lipinski definition) is 2. The normalized spacial score (nSPS) is 16.4. The van der Waals surface area contributed by atoms with Crippen molar-refractivity contribution in [2.45, 2.75) is 24.5 Å². The highest BCUT2D eigenvalue weighted by Crippen LogP contribution is 2.39. The Hall–Kier alpha value is -0.570. The fraction of sp³-hybridized carbons (Fsp3) is 0.455. The van der Waals surface area contributed by atoms with E-state index < -0.39 is 10.7 Å². The Labute approximate surface area is 89.5 Å². The van der Waals surface area contributed by atoms with Gasteiger partial charge >= 0.3 is 0 Å². The maximum Gasteiger partial charge on any atom is 0.195 e. The summed E-state index contributed by atoms with van der Waals surface area (Å²) in [6, 6.07) is 9.26. The van der Waals surface area contributed by atoms with Crippen LogP contribution in [0, 0.1) is 0 Å². The number of hydrogen-bond donors (Lipinski definition) is 1. The molecule has 1 N–H and O–H groups in total. The summed E-state index contributed by atoms with van der Waals surface area (Å²) in [4.78, 5) is 0. The molecule has 0 heterocycles. The van der Waals surface area contributed by atoms with Crippen LogP contribution in [0.5, 0.6) is 0 Å². The fourth-order valence-electron chi connectivity index (χ4n) is 1.37. The number of rotatable bonds is 3. The summed E-state index contributed by atoms with van der Waals surface area (Å²) in [6.45, 7) is 3.24. The van der Waals surface area contributed by atoms with Crippen LogP contribution in [0.25, 0.3) is 0 Å². The van der Waals surface area contributed by atoms with Crippen molar-refractivity contribution in [1.29, 1.82) is 0 Å². The monoisotopic (exact) mass is 214 g/mol. The van der Waals surface area contributed by atoms with Crippen LogP contribution in [0.2, 0.25) is 0 Å². The van der Waals surface area contributed by atoms with Gasteiger partial charge in [-0.15, -0.1) is 0 Å². The van der Waals surface area contributed by atoms with E-state index in [0.29, 0.717) is 0 Å². The lowest BCUT2D eigenvalue weighted by Gasteiger charge is -2.37. The lowest BCUT2D eigenvalue weighted by atomic mass is 9.94. The Morgan fingerprint density at radius 1 is 1.21 bits per heavy atom. The smallest absolute Gasteiger partial charge is 0.195 e. The molecule has 1 rings (SSSR count). The fourth-order valence-corrected chi connectivity index (χ4v) is 1.50. The maximum absolute atomic E-state index is 9.93. The van der Waals surface area contributed by atoms with Crippen LogP contribution >= 0.6 is 11.6 Å². The average molecular weight is 215 g/mol. The van der Waals surface area contributed by atoms with Gasteiger partial charge in [-0.3, -0.25) is 0 Å². The first-order chi connectivity index (χ1) is 6.42. The number of ether oxygens (including phenoxy) is 1. The number of halogens is 1. The number of benzene rings is 1. The van der Waals surface area contributed by atoms with Gasteiger partial charge in [-0.25, -0.2) is 0 Å². The molecule has 1 unspecified atom stereocenters. The van der Waals surface area contributed by atoms with Gasteiger partial charge in [0.1, 0.15) is 5.60 Å². The largest absolute Gasteiger partial charge is 0.386 e. The quantitative estimate of drug-likeness (QED) is 0.784. The third kappa shape index (κ3) is 1.92. The SMILES string of the molecule is COC(Cl)(c1ccccc1)C(C)(C)O. The molecule has 0 radical (unpaired) electrons.